The Bertz CT molecular complexity index is 241. The summed E-state index contributed by atoms with van der Waals surface area (Å²) in [5, 5.41) is 11.6. The molecule has 2 heterocycles. The van der Waals surface area contributed by atoms with Crippen molar-refractivity contribution < 1.29 is 14.6 Å². The maximum atomic E-state index is 9.66. The first kappa shape index (κ1) is 11.9. The maximum absolute atomic E-state index is 9.66. The van der Waals surface area contributed by atoms with Crippen molar-refractivity contribution in [3.63, 3.8) is 0 Å². The molecule has 0 amide bonds. The molecule has 2 aliphatic heterocycles. The Morgan fingerprint density at radius 3 is 3.19 bits per heavy atom. The van der Waals surface area contributed by atoms with E-state index in [1.54, 1.807) is 0 Å². The molecular formula is C11H20N2O3. The molecule has 0 aliphatic carbocycles. The molecule has 5 heteroatoms. The van der Waals surface area contributed by atoms with E-state index in [4.69, 9.17) is 9.47 Å². The smallest absolute Gasteiger partial charge is 0.175 e. The third-order valence-corrected chi connectivity index (χ3v) is 2.86. The van der Waals surface area contributed by atoms with E-state index < -0.39 is 6.29 Å². The molecule has 0 aromatic heterocycles. The molecule has 0 radical (unpaired) electrons. The number of aliphatic hydroxyl groups is 1. The van der Waals surface area contributed by atoms with E-state index in [1.807, 2.05) is 24.2 Å². The number of hydrogen-bond donors (Lipinski definition) is 2. The zero-order valence-corrected chi connectivity index (χ0v) is 9.63. The summed E-state index contributed by atoms with van der Waals surface area (Å²) in [6.07, 6.45) is 6.46. The topological polar surface area (TPSA) is 54.0 Å². The number of nitrogens with one attached hydrogen (secondary N) is 1. The molecule has 0 spiro atoms. The third kappa shape index (κ3) is 2.74. The highest BCUT2D eigenvalue weighted by atomic mass is 16.6. The van der Waals surface area contributed by atoms with Crippen molar-refractivity contribution in [1.29, 1.82) is 0 Å². The molecule has 2 N–H and O–H groups in total. The summed E-state index contributed by atoms with van der Waals surface area (Å²) in [6.45, 7) is 3.19. The van der Waals surface area contributed by atoms with Gasteiger partial charge in [-0.3, -0.25) is 5.01 Å². The Morgan fingerprint density at radius 1 is 1.62 bits per heavy atom. The first-order valence-corrected chi connectivity index (χ1v) is 5.95. The van der Waals surface area contributed by atoms with E-state index in [0.29, 0.717) is 6.61 Å². The van der Waals surface area contributed by atoms with Crippen molar-refractivity contribution in [3.8, 4) is 0 Å². The predicted octanol–water partition coefficient (Wildman–Crippen LogP) is 0.570. The number of hydrazine groups is 1. The summed E-state index contributed by atoms with van der Waals surface area (Å²) in [5.41, 5.74) is 3.17. The quantitative estimate of drug-likeness (QED) is 0.689. The Kier molecular flexibility index (Phi) is 4.17. The Morgan fingerprint density at radius 2 is 2.50 bits per heavy atom. The van der Waals surface area contributed by atoms with Crippen LogP contribution in [0, 0.1) is 0 Å². The van der Waals surface area contributed by atoms with Crippen LogP contribution in [0.2, 0.25) is 0 Å². The standard InChI is InChI=1S/C11H20N2O3/c1-2-15-11(14)9-6-7-13(12-9)10-5-3-4-8-16-10/h6-7,9-12,14H,2-5,8H2,1H3. The van der Waals surface area contributed by atoms with Crippen LogP contribution in [-0.2, 0) is 9.47 Å². The number of aliphatic hydroxyl groups excluding tert-OH is 1. The van der Waals surface area contributed by atoms with Crippen LogP contribution in [-0.4, -0.2) is 41.9 Å². The Labute approximate surface area is 96.0 Å². The molecule has 0 saturated carbocycles. The zero-order valence-electron chi connectivity index (χ0n) is 9.63. The van der Waals surface area contributed by atoms with Crippen LogP contribution in [0.25, 0.3) is 0 Å². The molecule has 1 saturated heterocycles. The second-order valence-corrected chi connectivity index (χ2v) is 4.07. The Hall–Kier alpha value is -0.620. The van der Waals surface area contributed by atoms with Gasteiger partial charge in [0.2, 0.25) is 0 Å². The van der Waals surface area contributed by atoms with Gasteiger partial charge < -0.3 is 14.6 Å². The van der Waals surface area contributed by atoms with E-state index in [0.717, 1.165) is 19.4 Å². The van der Waals surface area contributed by atoms with Gasteiger partial charge >= 0.3 is 0 Å². The van der Waals surface area contributed by atoms with Crippen LogP contribution < -0.4 is 5.43 Å². The molecule has 2 rings (SSSR count). The molecule has 16 heavy (non-hydrogen) atoms. The van der Waals surface area contributed by atoms with Crippen molar-refractivity contribution in [2.45, 2.75) is 44.7 Å². The van der Waals surface area contributed by atoms with Crippen molar-refractivity contribution in [2.75, 3.05) is 13.2 Å². The SMILES string of the molecule is CCOC(O)C1C=CN(C2CCCCO2)N1. The van der Waals surface area contributed by atoms with Crippen LogP contribution in [0.1, 0.15) is 26.2 Å². The largest absolute Gasteiger partial charge is 0.366 e. The fourth-order valence-electron chi connectivity index (χ4n) is 2.00. The van der Waals surface area contributed by atoms with Gasteiger partial charge in [-0.05, 0) is 32.3 Å². The average Bonchev–Trinajstić information content (AvgIpc) is 2.80. The van der Waals surface area contributed by atoms with Gasteiger partial charge in [0.25, 0.3) is 0 Å². The number of ether oxygens (including phenoxy) is 2. The van der Waals surface area contributed by atoms with Crippen LogP contribution in [0.3, 0.4) is 0 Å². The number of nitrogens with zero attached hydrogens (tertiary/aromatic N) is 1. The minimum Gasteiger partial charge on any atom is -0.366 e. The lowest BCUT2D eigenvalue weighted by Gasteiger charge is -2.32. The molecule has 0 aromatic carbocycles. The first-order chi connectivity index (χ1) is 7.81. The second-order valence-electron chi connectivity index (χ2n) is 4.07. The van der Waals surface area contributed by atoms with Gasteiger partial charge in [0.15, 0.2) is 6.29 Å². The lowest BCUT2D eigenvalue weighted by atomic mass is 10.2. The highest BCUT2D eigenvalue weighted by Crippen LogP contribution is 2.19. The highest BCUT2D eigenvalue weighted by Gasteiger charge is 2.28. The van der Waals surface area contributed by atoms with Crippen LogP contribution in [0.5, 0.6) is 0 Å². The van der Waals surface area contributed by atoms with Crippen LogP contribution in [0.15, 0.2) is 12.3 Å². The molecule has 92 valence electrons. The van der Waals surface area contributed by atoms with Gasteiger partial charge in [-0.15, -0.1) is 0 Å². The highest BCUT2D eigenvalue weighted by molar-refractivity contribution is 5.01. The van der Waals surface area contributed by atoms with Gasteiger partial charge in [-0.2, -0.15) is 0 Å². The summed E-state index contributed by atoms with van der Waals surface area (Å²) in [5.74, 6) is 0. The minimum absolute atomic E-state index is 0.0869. The molecular weight excluding hydrogens is 208 g/mol. The monoisotopic (exact) mass is 228 g/mol. The summed E-state index contributed by atoms with van der Waals surface area (Å²) in [6, 6.07) is -0.175. The van der Waals surface area contributed by atoms with Gasteiger partial charge in [-0.25, -0.2) is 5.43 Å². The van der Waals surface area contributed by atoms with Gasteiger partial charge in [0, 0.05) is 19.4 Å². The van der Waals surface area contributed by atoms with Crippen molar-refractivity contribution in [3.05, 3.63) is 12.3 Å². The van der Waals surface area contributed by atoms with Gasteiger partial charge in [0.05, 0.1) is 6.04 Å². The lowest BCUT2D eigenvalue weighted by Crippen LogP contribution is -2.48. The van der Waals surface area contributed by atoms with E-state index in [-0.39, 0.29) is 12.3 Å². The van der Waals surface area contributed by atoms with Crippen LogP contribution >= 0.6 is 0 Å². The molecule has 3 atom stereocenters. The number of hydrogen-bond acceptors (Lipinski definition) is 5. The lowest BCUT2D eigenvalue weighted by molar-refractivity contribution is -0.129. The van der Waals surface area contributed by atoms with E-state index in [1.165, 1.54) is 6.42 Å². The number of rotatable bonds is 4. The molecule has 2 aliphatic rings. The van der Waals surface area contributed by atoms with Crippen LogP contribution in [0.4, 0.5) is 0 Å². The summed E-state index contributed by atoms with van der Waals surface area (Å²) in [4.78, 5) is 0. The summed E-state index contributed by atoms with van der Waals surface area (Å²) in [7, 11) is 0. The molecule has 1 fully saturated rings. The minimum atomic E-state index is -0.796. The first-order valence-electron chi connectivity index (χ1n) is 5.95. The van der Waals surface area contributed by atoms with Gasteiger partial charge in [-0.1, -0.05) is 0 Å². The maximum Gasteiger partial charge on any atom is 0.175 e. The third-order valence-electron chi connectivity index (χ3n) is 2.86. The fourth-order valence-corrected chi connectivity index (χ4v) is 2.00. The van der Waals surface area contributed by atoms with E-state index in [9.17, 15) is 5.11 Å². The zero-order chi connectivity index (χ0) is 11.4. The molecule has 0 bridgehead atoms. The van der Waals surface area contributed by atoms with Gasteiger partial charge in [0.1, 0.15) is 6.23 Å². The van der Waals surface area contributed by atoms with E-state index >= 15 is 0 Å². The summed E-state index contributed by atoms with van der Waals surface area (Å²) >= 11 is 0. The van der Waals surface area contributed by atoms with Crippen molar-refractivity contribution >= 4 is 0 Å². The Balaban J connectivity index is 1.81. The normalized spacial score (nSPS) is 32.0. The van der Waals surface area contributed by atoms with Crippen molar-refractivity contribution in [1.82, 2.24) is 10.4 Å². The predicted molar refractivity (Wildman–Crippen MR) is 59.1 cm³/mol. The van der Waals surface area contributed by atoms with Crippen molar-refractivity contribution in [2.24, 2.45) is 0 Å². The average molecular weight is 228 g/mol. The molecule has 5 nitrogen and oxygen atoms in total. The molecule has 3 unspecified atom stereocenters. The fraction of sp³-hybridized carbons (Fsp3) is 0.818. The summed E-state index contributed by atoms with van der Waals surface area (Å²) < 4.78 is 10.8. The second kappa shape index (κ2) is 5.63. The van der Waals surface area contributed by atoms with E-state index in [2.05, 4.69) is 5.43 Å². The molecule has 0 aromatic rings.